The second-order valence-electron chi connectivity index (χ2n) is 3.06. The van der Waals surface area contributed by atoms with Gasteiger partial charge in [0.15, 0.2) is 0 Å². The highest BCUT2D eigenvalue weighted by molar-refractivity contribution is 5.76. The number of aliphatic hydroxyl groups excluding tert-OH is 1. The zero-order valence-corrected chi connectivity index (χ0v) is 8.05. The summed E-state index contributed by atoms with van der Waals surface area (Å²) in [6.45, 7) is 1.75. The Morgan fingerprint density at radius 1 is 1.62 bits per heavy atom. The molecular weight excluding hydrogens is 166 g/mol. The molecule has 0 saturated carbocycles. The van der Waals surface area contributed by atoms with Crippen LogP contribution in [0.15, 0.2) is 0 Å². The topological polar surface area (TPSA) is 49.3 Å². The van der Waals surface area contributed by atoms with Crippen molar-refractivity contribution in [2.45, 2.75) is 38.6 Å². The molecule has 0 heterocycles. The molecule has 0 fully saturated rings. The van der Waals surface area contributed by atoms with Crippen molar-refractivity contribution in [3.8, 4) is 12.3 Å². The Bertz CT molecular complexity index is 184. The predicted octanol–water partition coefficient (Wildman–Crippen LogP) is 0.677. The minimum Gasteiger partial charge on any atom is -0.394 e. The number of amides is 1. The Labute approximate surface area is 79.5 Å². The van der Waals surface area contributed by atoms with Crippen LogP contribution in [0.3, 0.4) is 0 Å². The molecule has 0 radical (unpaired) electrons. The first-order valence-corrected chi connectivity index (χ1v) is 4.54. The van der Waals surface area contributed by atoms with E-state index in [9.17, 15) is 4.79 Å². The molecule has 0 aliphatic heterocycles. The van der Waals surface area contributed by atoms with Crippen LogP contribution in [-0.2, 0) is 4.79 Å². The van der Waals surface area contributed by atoms with E-state index in [-0.39, 0.29) is 18.6 Å². The van der Waals surface area contributed by atoms with Gasteiger partial charge in [-0.3, -0.25) is 4.79 Å². The fraction of sp³-hybridized carbons (Fsp3) is 0.700. The molecule has 13 heavy (non-hydrogen) atoms. The van der Waals surface area contributed by atoms with Gasteiger partial charge >= 0.3 is 0 Å². The summed E-state index contributed by atoms with van der Waals surface area (Å²) >= 11 is 0. The second-order valence-corrected chi connectivity index (χ2v) is 3.06. The number of aliphatic hydroxyl groups is 1. The van der Waals surface area contributed by atoms with Gasteiger partial charge in [-0.05, 0) is 19.8 Å². The Balaban J connectivity index is 3.36. The molecule has 0 spiro atoms. The first-order valence-electron chi connectivity index (χ1n) is 4.54. The summed E-state index contributed by atoms with van der Waals surface area (Å²) < 4.78 is 0. The first kappa shape index (κ1) is 12.0. The van der Waals surface area contributed by atoms with Crippen molar-refractivity contribution in [3.63, 3.8) is 0 Å². The Morgan fingerprint density at radius 2 is 2.31 bits per heavy atom. The number of unbranched alkanes of at least 4 members (excludes halogenated alkanes) is 2. The van der Waals surface area contributed by atoms with E-state index in [0.29, 0.717) is 6.42 Å². The molecule has 3 nitrogen and oxygen atoms in total. The van der Waals surface area contributed by atoms with Gasteiger partial charge in [0.25, 0.3) is 0 Å². The zero-order valence-electron chi connectivity index (χ0n) is 8.05. The van der Waals surface area contributed by atoms with Crippen LogP contribution in [0, 0.1) is 12.3 Å². The van der Waals surface area contributed by atoms with E-state index in [1.807, 2.05) is 0 Å². The average Bonchev–Trinajstić information content (AvgIpc) is 2.12. The normalized spacial score (nSPS) is 11.8. The van der Waals surface area contributed by atoms with E-state index >= 15 is 0 Å². The van der Waals surface area contributed by atoms with Gasteiger partial charge in [-0.15, -0.1) is 12.3 Å². The van der Waals surface area contributed by atoms with Crippen molar-refractivity contribution < 1.29 is 9.90 Å². The lowest BCUT2D eigenvalue weighted by Gasteiger charge is -2.09. The Morgan fingerprint density at radius 3 is 2.85 bits per heavy atom. The minimum absolute atomic E-state index is 0.0152. The SMILES string of the molecule is C#CCCCCC(=O)N[C@@H](C)CO. The maximum atomic E-state index is 11.1. The van der Waals surface area contributed by atoms with Crippen LogP contribution in [0.5, 0.6) is 0 Å². The highest BCUT2D eigenvalue weighted by atomic mass is 16.3. The third kappa shape index (κ3) is 7.35. The van der Waals surface area contributed by atoms with Crippen molar-refractivity contribution >= 4 is 5.91 Å². The van der Waals surface area contributed by atoms with Crippen molar-refractivity contribution in [1.29, 1.82) is 0 Å². The molecular formula is C10H17NO2. The van der Waals surface area contributed by atoms with Crippen molar-refractivity contribution in [1.82, 2.24) is 5.32 Å². The van der Waals surface area contributed by atoms with E-state index in [1.54, 1.807) is 6.92 Å². The number of terminal acetylenes is 1. The molecule has 0 aliphatic carbocycles. The molecule has 1 atom stereocenters. The van der Waals surface area contributed by atoms with Crippen LogP contribution in [0.1, 0.15) is 32.6 Å². The summed E-state index contributed by atoms with van der Waals surface area (Å²) in [5.41, 5.74) is 0. The molecule has 0 saturated heterocycles. The molecule has 0 aromatic carbocycles. The van der Waals surface area contributed by atoms with Gasteiger partial charge in [0.05, 0.1) is 6.61 Å². The maximum Gasteiger partial charge on any atom is 0.220 e. The van der Waals surface area contributed by atoms with Gasteiger partial charge in [0, 0.05) is 18.9 Å². The molecule has 0 rings (SSSR count). The summed E-state index contributed by atoms with van der Waals surface area (Å²) in [4.78, 5) is 11.1. The lowest BCUT2D eigenvalue weighted by atomic mass is 10.2. The monoisotopic (exact) mass is 183 g/mol. The molecule has 3 heteroatoms. The Kier molecular flexibility index (Phi) is 7.04. The summed E-state index contributed by atoms with van der Waals surface area (Å²) in [6.07, 6.45) is 7.98. The van der Waals surface area contributed by atoms with Crippen molar-refractivity contribution in [2.75, 3.05) is 6.61 Å². The van der Waals surface area contributed by atoms with Crippen LogP contribution < -0.4 is 5.32 Å². The van der Waals surface area contributed by atoms with E-state index < -0.39 is 0 Å². The van der Waals surface area contributed by atoms with E-state index in [0.717, 1.165) is 19.3 Å². The van der Waals surface area contributed by atoms with E-state index in [1.165, 1.54) is 0 Å². The molecule has 2 N–H and O–H groups in total. The second kappa shape index (κ2) is 7.63. The fourth-order valence-electron chi connectivity index (χ4n) is 0.905. The average molecular weight is 183 g/mol. The molecule has 0 aromatic heterocycles. The summed E-state index contributed by atoms with van der Waals surface area (Å²) in [5, 5.41) is 11.3. The zero-order chi connectivity index (χ0) is 10.1. The van der Waals surface area contributed by atoms with Gasteiger partial charge in [-0.1, -0.05) is 0 Å². The number of rotatable bonds is 6. The van der Waals surface area contributed by atoms with Crippen molar-refractivity contribution in [2.24, 2.45) is 0 Å². The van der Waals surface area contributed by atoms with E-state index in [4.69, 9.17) is 11.5 Å². The summed E-state index contributed by atoms with van der Waals surface area (Å²) in [5.74, 6) is 2.51. The molecule has 0 unspecified atom stereocenters. The maximum absolute atomic E-state index is 11.1. The van der Waals surface area contributed by atoms with Gasteiger partial charge in [0.2, 0.25) is 5.91 Å². The smallest absolute Gasteiger partial charge is 0.220 e. The highest BCUT2D eigenvalue weighted by Gasteiger charge is 2.04. The number of carbonyl (C=O) groups excluding carboxylic acids is 1. The Hall–Kier alpha value is -1.01. The summed E-state index contributed by atoms with van der Waals surface area (Å²) in [7, 11) is 0. The predicted molar refractivity (Wildman–Crippen MR) is 52.0 cm³/mol. The quantitative estimate of drug-likeness (QED) is 0.470. The fourth-order valence-corrected chi connectivity index (χ4v) is 0.905. The minimum atomic E-state index is -0.153. The van der Waals surface area contributed by atoms with Crippen LogP contribution >= 0.6 is 0 Å². The number of carbonyl (C=O) groups is 1. The number of hydrogen-bond acceptors (Lipinski definition) is 2. The summed E-state index contributed by atoms with van der Waals surface area (Å²) in [6, 6.07) is -0.153. The molecule has 0 aliphatic rings. The van der Waals surface area contributed by atoms with Crippen LogP contribution in [0.4, 0.5) is 0 Å². The van der Waals surface area contributed by atoms with Gasteiger partial charge < -0.3 is 10.4 Å². The van der Waals surface area contributed by atoms with Crippen LogP contribution in [0.25, 0.3) is 0 Å². The van der Waals surface area contributed by atoms with Gasteiger partial charge in [-0.25, -0.2) is 0 Å². The first-order chi connectivity index (χ1) is 6.20. The molecule has 0 bridgehead atoms. The van der Waals surface area contributed by atoms with Crippen LogP contribution in [-0.4, -0.2) is 23.7 Å². The lowest BCUT2D eigenvalue weighted by Crippen LogP contribution is -2.34. The molecule has 1 amide bonds. The number of hydrogen-bond donors (Lipinski definition) is 2. The van der Waals surface area contributed by atoms with Crippen molar-refractivity contribution in [3.05, 3.63) is 0 Å². The third-order valence-electron chi connectivity index (χ3n) is 1.66. The van der Waals surface area contributed by atoms with Gasteiger partial charge in [0.1, 0.15) is 0 Å². The van der Waals surface area contributed by atoms with Gasteiger partial charge in [-0.2, -0.15) is 0 Å². The largest absolute Gasteiger partial charge is 0.394 e. The van der Waals surface area contributed by atoms with E-state index in [2.05, 4.69) is 11.2 Å². The molecule has 0 aromatic rings. The third-order valence-corrected chi connectivity index (χ3v) is 1.66. The molecule has 74 valence electrons. The highest BCUT2D eigenvalue weighted by Crippen LogP contribution is 1.98. The number of nitrogens with one attached hydrogen (secondary N) is 1. The standard InChI is InChI=1S/C10H17NO2/c1-3-4-5-6-7-10(13)11-9(2)8-12/h1,9,12H,4-8H2,2H3,(H,11,13)/t9-/m0/s1. The lowest BCUT2D eigenvalue weighted by molar-refractivity contribution is -0.122. The van der Waals surface area contributed by atoms with Crippen LogP contribution in [0.2, 0.25) is 0 Å².